The van der Waals surface area contributed by atoms with E-state index in [1.165, 1.54) is 308 Å². The van der Waals surface area contributed by atoms with Crippen LogP contribution in [0.1, 0.15) is 193 Å². The Morgan fingerprint density at radius 2 is 0.647 bits per heavy atom. The van der Waals surface area contributed by atoms with Crippen LogP contribution in [-0.2, 0) is 74.3 Å². The van der Waals surface area contributed by atoms with Gasteiger partial charge in [0.25, 0.3) is 0 Å². The van der Waals surface area contributed by atoms with Crippen LogP contribution in [0.25, 0.3) is 8.25 Å². The van der Waals surface area contributed by atoms with Crippen molar-refractivity contribution in [2.45, 2.75) is 228 Å². The molecule has 0 unspecified atom stereocenters. The molecular formula is C71H135Br5F12N13O10PS4+4. The van der Waals surface area contributed by atoms with E-state index in [1.54, 1.807) is 12.5 Å². The van der Waals surface area contributed by atoms with Gasteiger partial charge in [-0.25, -0.2) is 56.9 Å². The van der Waals surface area contributed by atoms with Crippen molar-refractivity contribution in [3.63, 3.8) is 0 Å². The van der Waals surface area contributed by atoms with Crippen molar-refractivity contribution in [3.8, 4) is 0 Å². The molecule has 0 aromatic carbocycles. The molecule has 0 spiro atoms. The topological polar surface area (TPSA) is 244 Å². The number of sulfonamides is 4. The van der Waals surface area contributed by atoms with Gasteiger partial charge in [0.1, 0.15) is 28.8 Å². The Bertz CT molecular complexity index is 3130. The van der Waals surface area contributed by atoms with Gasteiger partial charge in [-0.05, 0) is 182 Å². The highest BCUT2D eigenvalue weighted by Crippen LogP contribution is 2.59. The van der Waals surface area contributed by atoms with Gasteiger partial charge < -0.3 is 45.9 Å². The number of rotatable bonds is 35. The molecule has 5 aliphatic rings. The lowest BCUT2D eigenvalue weighted by atomic mass is 10.2. The first-order chi connectivity index (χ1) is 53.7. The third kappa shape index (κ3) is 58.3. The second-order valence-electron chi connectivity index (χ2n) is 30.8. The van der Waals surface area contributed by atoms with E-state index in [0.29, 0.717) is 13.2 Å². The zero-order chi connectivity index (χ0) is 88.9. The van der Waals surface area contributed by atoms with E-state index in [1.807, 2.05) is 17.8 Å². The highest BCUT2D eigenvalue weighted by molar-refractivity contribution is 9.93. The third-order valence-electron chi connectivity index (χ3n) is 19.7. The summed E-state index contributed by atoms with van der Waals surface area (Å²) in [6, 6.07) is 0. The summed E-state index contributed by atoms with van der Waals surface area (Å²) in [4.78, 5) is 6.15. The van der Waals surface area contributed by atoms with Crippen LogP contribution < -0.4 is 9.13 Å². The highest BCUT2D eigenvalue weighted by atomic mass is 80.0. The number of aliphatic hydroxyl groups excluding tert-OH is 2. The largest absolute Gasteiger partial charge is 0.480 e. The van der Waals surface area contributed by atoms with E-state index in [4.69, 9.17) is 10.2 Å². The monoisotopic (exact) mass is 2110 g/mol. The molecule has 8 rings (SSSR count). The summed E-state index contributed by atoms with van der Waals surface area (Å²) < 4.78 is 234. The maximum Gasteiger partial charge on any atom is 0.480 e. The van der Waals surface area contributed by atoms with Crippen molar-refractivity contribution in [3.05, 3.63) is 64.4 Å². The lowest BCUT2D eigenvalue weighted by Gasteiger charge is -2.29. The van der Waals surface area contributed by atoms with Gasteiger partial charge in [0.15, 0.2) is 40.1 Å². The maximum absolute atomic E-state index is 11.4. The molecule has 0 bridgehead atoms. The molecule has 8 heterocycles. The number of unbranched alkanes of at least 4 members (excludes halogenated alkanes) is 15. The zero-order valence-corrected chi connectivity index (χ0v) is 81.1. The van der Waals surface area contributed by atoms with Gasteiger partial charge in [0.05, 0.1) is 140 Å². The summed E-state index contributed by atoms with van der Waals surface area (Å²) in [5.74, 6) is 0. The van der Waals surface area contributed by atoms with Crippen LogP contribution in [0.3, 0.4) is 0 Å². The fourth-order valence-electron chi connectivity index (χ4n) is 12.9. The molecule has 3 aromatic rings. The van der Waals surface area contributed by atoms with Crippen molar-refractivity contribution >= 4 is 122 Å². The lowest BCUT2D eigenvalue weighted by Crippen LogP contribution is -2.41. The van der Waals surface area contributed by atoms with Gasteiger partial charge in [0, 0.05) is 94.7 Å². The van der Waals surface area contributed by atoms with Crippen LogP contribution in [0, 0.1) is 0 Å². The summed E-state index contributed by atoms with van der Waals surface area (Å²) in [6.45, 7) is 22.6. The maximum atomic E-state index is 11.4. The van der Waals surface area contributed by atoms with Crippen molar-refractivity contribution in [1.82, 2.24) is 23.6 Å². The second kappa shape index (κ2) is 61.4. The Hall–Kier alpha value is -0.940. The molecule has 688 valence electrons. The summed E-state index contributed by atoms with van der Waals surface area (Å²) in [5.41, 5.74) is -24.8. The first-order valence-electron chi connectivity index (χ1n) is 39.6. The van der Waals surface area contributed by atoms with Crippen LogP contribution >= 0.6 is 82.4 Å². The fraction of sp³-hybridized carbons (Fsp3) is 0.873. The number of imidazole rings is 3. The minimum absolute atomic E-state index is 0.183. The molecule has 116 heavy (non-hydrogen) atoms. The average molecular weight is 2120 g/mol. The van der Waals surface area contributed by atoms with Gasteiger partial charge in [0.2, 0.25) is 12.7 Å². The fourth-order valence-corrected chi connectivity index (χ4v) is 17.1. The van der Waals surface area contributed by atoms with Crippen molar-refractivity contribution in [2.75, 3.05) is 151 Å². The number of halogens is 17. The Morgan fingerprint density at radius 1 is 0.405 bits per heavy atom. The molecule has 0 saturated carbocycles. The predicted molar refractivity (Wildman–Crippen MR) is 456 cm³/mol. The molecule has 45 heteroatoms. The molecule has 0 radical (unpaired) electrons. The minimum Gasteiger partial charge on any atom is -0.421 e. The molecule has 5 fully saturated rings. The number of likely N-dealkylation sites (tertiary alicyclic amines) is 5. The third-order valence-corrected chi connectivity index (χ3v) is 26.3. The quantitative estimate of drug-likeness (QED) is 0.0139. The van der Waals surface area contributed by atoms with E-state index in [-0.39, 0.29) is 4.03 Å². The molecule has 0 aliphatic carbocycles. The van der Waals surface area contributed by atoms with Crippen molar-refractivity contribution < 1.29 is 124 Å². The van der Waals surface area contributed by atoms with Gasteiger partial charge in [-0.3, -0.25) is 0 Å². The Balaban J connectivity index is 0. The zero-order valence-electron chi connectivity index (χ0n) is 69.0. The van der Waals surface area contributed by atoms with Crippen LogP contribution in [0.5, 0.6) is 0 Å². The van der Waals surface area contributed by atoms with E-state index in [9.17, 15) is 86.4 Å². The summed E-state index contributed by atoms with van der Waals surface area (Å²) in [7, 11) is -8.92. The van der Waals surface area contributed by atoms with Crippen LogP contribution in [-0.4, -0.2) is 258 Å². The van der Waals surface area contributed by atoms with E-state index in [2.05, 4.69) is 193 Å². The molecule has 3 aromatic heterocycles. The van der Waals surface area contributed by atoms with E-state index < -0.39 is 62.1 Å². The van der Waals surface area contributed by atoms with Gasteiger partial charge in [-0.2, -0.15) is 52.7 Å². The van der Waals surface area contributed by atoms with E-state index >= 15 is 0 Å². The average Bonchev–Trinajstić information content (AvgIpc) is 1.07. The van der Waals surface area contributed by atoms with Crippen molar-refractivity contribution in [1.29, 1.82) is 0 Å². The normalized spacial score (nSPS) is 17.1. The number of nitrogens with zero attached hydrogens (tertiary/aromatic N) is 13. The number of aromatic nitrogens is 6. The van der Waals surface area contributed by atoms with Gasteiger partial charge in [-0.15, -0.1) is 0 Å². The number of hydrogen-bond donors (Lipinski definition) is 2. The second-order valence-corrected chi connectivity index (χ2v) is 54.5. The number of aliphatic hydroxyl groups is 2. The van der Waals surface area contributed by atoms with Crippen LogP contribution in [0.2, 0.25) is 0 Å². The molecular weight excluding hydrogens is 1980 g/mol. The smallest absolute Gasteiger partial charge is 0.421 e. The first kappa shape index (κ1) is 117. The lowest BCUT2D eigenvalue weighted by molar-refractivity contribution is -0.897. The van der Waals surface area contributed by atoms with E-state index in [0.717, 1.165) is 26.4 Å². The minimum atomic E-state index is -6.72. The number of hydrogen-bond acceptors (Lipinski definition) is 12. The predicted octanol–water partition coefficient (Wildman–Crippen LogP) is 17.8. The van der Waals surface area contributed by atoms with Gasteiger partial charge >= 0.3 is 22.0 Å². The molecule has 5 aliphatic heterocycles. The Kier molecular flexibility index (Phi) is 62.0. The standard InChI is InChI=1S/2C15H29N3.C11H23BrN.C11H24NO.C6H13BrO.C5H11N.C4H6N2.2C2F6NO4S2.Br3P/c2*1-16-10-11-17(15-16)9-5-3-4-6-12-18(2)13-7-8-14-18;1-13(10-6-7-11-13)9-5-3-2-4-8-12;1-12(9-5-6-10-12)8-4-2-3-7-11-13;7-5-3-1-2-4-6-8;1-6-4-2-3-5-6;1-6-3-2-5-4-6;2*3-1(4,5)14(10,11)9-15(12,13)2(6,7)8;1-4(2)3/h2*10-11,15H,3-9,12-14H2,1-2H3;2-11H2,1H3;13H,2-11H2,1H3;8H,1-6H2;2-5H2,1H3;2-4H,1H3;;;/q2*+2;2*+1;;;;2*-1;. The van der Waals surface area contributed by atoms with Crippen LogP contribution in [0.4, 0.5) is 52.7 Å². The first-order valence-corrected chi connectivity index (χ1v) is 55.0. The molecule has 2 N–H and O–H groups in total. The van der Waals surface area contributed by atoms with Gasteiger partial charge in [-0.1, -0.05) is 57.5 Å². The Labute approximate surface area is 728 Å². The SMILES string of the molecule is BrP(Br)Br.CN1CCCC1.C[N+]1(CCCCCCBr)CCCC1.C[N+]1(CCCCCCO)CCCC1.C[n+]1ccn(CCCCCC[N+]2(C)CCCC2)c1.C[n+]1ccn(CCCCCC[N+]2(C)CCCC2)c1.Cn1ccnc1.O=S(=O)([N-]S(=O)(=O)C(F)(F)F)C(F)(F)F.O=S(=O)([N-]S(=O)(=O)C(F)(F)F)C(F)(F)F.OCCCCCCBr. The summed E-state index contributed by atoms with van der Waals surface area (Å²) >= 11 is 16.3. The molecule has 0 amide bonds. The highest BCUT2D eigenvalue weighted by Gasteiger charge is 2.48. The number of alkyl halides is 14. The molecule has 23 nitrogen and oxygen atoms in total. The summed E-state index contributed by atoms with van der Waals surface area (Å²) in [5, 5.41) is 19.3. The molecule has 0 atom stereocenters. The Morgan fingerprint density at radius 3 is 0.819 bits per heavy atom. The number of aryl methyl sites for hydroxylation is 5. The molecule has 5 saturated heterocycles. The number of quaternary nitrogens is 4. The van der Waals surface area contributed by atoms with Crippen molar-refractivity contribution in [2.24, 2.45) is 21.1 Å². The summed E-state index contributed by atoms with van der Waals surface area (Å²) in [6.07, 6.45) is 58.7. The van der Waals surface area contributed by atoms with Crippen LogP contribution in [0.15, 0.2) is 56.2 Å².